The fraction of sp³-hybridized carbons (Fsp3) is 0.615. The van der Waals surface area contributed by atoms with Gasteiger partial charge in [-0.2, -0.15) is 0 Å². The highest BCUT2D eigenvalue weighted by molar-refractivity contribution is 9.09. The molecule has 1 nitrogen and oxygen atoms in total. The third kappa shape index (κ3) is 4.79. The van der Waals surface area contributed by atoms with E-state index in [9.17, 15) is 4.79 Å². The average Bonchev–Trinajstić information content (AvgIpc) is 2.76. The van der Waals surface area contributed by atoms with E-state index in [2.05, 4.69) is 28.9 Å². The minimum absolute atomic E-state index is 0.197. The maximum Gasteiger partial charge on any atom is 0.183 e. The molecule has 1 rings (SSSR count). The van der Waals surface area contributed by atoms with Crippen molar-refractivity contribution >= 4 is 33.0 Å². The number of thiophene rings is 1. The van der Waals surface area contributed by atoms with Crippen LogP contribution < -0.4 is 0 Å². The molecule has 3 heteroatoms. The summed E-state index contributed by atoms with van der Waals surface area (Å²) in [4.78, 5) is 13.6. The van der Waals surface area contributed by atoms with Gasteiger partial charge in [-0.3, -0.25) is 4.79 Å². The number of halogens is 1. The summed E-state index contributed by atoms with van der Waals surface area (Å²) in [5.74, 6) is 0.197. The molecule has 0 saturated heterocycles. The Morgan fingerprint density at radius 2 is 2.00 bits per heavy atom. The average molecular weight is 303 g/mol. The number of unbranched alkanes of at least 4 members (excludes halogenated alkanes) is 4. The minimum atomic E-state index is 0.197. The van der Waals surface area contributed by atoms with Crippen molar-refractivity contribution in [2.45, 2.75) is 45.4 Å². The van der Waals surface area contributed by atoms with Crippen molar-refractivity contribution in [3.05, 3.63) is 21.9 Å². The predicted molar refractivity (Wildman–Crippen MR) is 74.9 cm³/mol. The smallest absolute Gasteiger partial charge is 0.183 e. The number of alkyl halides is 1. The largest absolute Gasteiger partial charge is 0.292 e. The second kappa shape index (κ2) is 8.02. The van der Waals surface area contributed by atoms with Gasteiger partial charge in [0.15, 0.2) is 5.78 Å². The summed E-state index contributed by atoms with van der Waals surface area (Å²) in [6.45, 7) is 2.23. The SMILES string of the molecule is CCCCCCCc1ccc(C(=O)CBr)s1. The van der Waals surface area contributed by atoms with Gasteiger partial charge >= 0.3 is 0 Å². The molecule has 0 fully saturated rings. The van der Waals surface area contributed by atoms with E-state index in [1.54, 1.807) is 11.3 Å². The van der Waals surface area contributed by atoms with Crippen LogP contribution in [-0.4, -0.2) is 11.1 Å². The molecule has 0 N–H and O–H groups in total. The summed E-state index contributed by atoms with van der Waals surface area (Å²) in [7, 11) is 0. The molecule has 0 aliphatic rings. The lowest BCUT2D eigenvalue weighted by Crippen LogP contribution is -1.94. The molecule has 90 valence electrons. The highest BCUT2D eigenvalue weighted by Gasteiger charge is 2.07. The standard InChI is InChI=1S/C13H19BrOS/c1-2-3-4-5-6-7-11-8-9-13(16-11)12(15)10-14/h8-9H,2-7,10H2,1H3. The van der Waals surface area contributed by atoms with E-state index < -0.39 is 0 Å². The number of hydrogen-bond acceptors (Lipinski definition) is 2. The van der Waals surface area contributed by atoms with Crippen LogP contribution in [0.3, 0.4) is 0 Å². The number of aryl methyl sites for hydroxylation is 1. The zero-order valence-electron chi connectivity index (χ0n) is 9.80. The number of rotatable bonds is 8. The lowest BCUT2D eigenvalue weighted by Gasteiger charge is -1.98. The van der Waals surface area contributed by atoms with Crippen LogP contribution in [0.1, 0.15) is 53.6 Å². The van der Waals surface area contributed by atoms with Crippen molar-refractivity contribution in [2.75, 3.05) is 5.33 Å². The molecule has 0 bridgehead atoms. The highest BCUT2D eigenvalue weighted by atomic mass is 79.9. The molecule has 16 heavy (non-hydrogen) atoms. The van der Waals surface area contributed by atoms with E-state index in [0.717, 1.165) is 11.3 Å². The monoisotopic (exact) mass is 302 g/mol. The Bertz CT molecular complexity index is 319. The molecule has 0 aliphatic heterocycles. The summed E-state index contributed by atoms with van der Waals surface area (Å²) in [5.41, 5.74) is 0. The van der Waals surface area contributed by atoms with Gasteiger partial charge in [0.25, 0.3) is 0 Å². The Labute approximate surface area is 110 Å². The Morgan fingerprint density at radius 1 is 1.25 bits per heavy atom. The summed E-state index contributed by atoms with van der Waals surface area (Å²) in [5, 5.41) is 0.434. The zero-order valence-corrected chi connectivity index (χ0v) is 12.2. The fourth-order valence-electron chi connectivity index (χ4n) is 1.63. The van der Waals surface area contributed by atoms with Gasteiger partial charge in [-0.05, 0) is 25.0 Å². The first-order valence-electron chi connectivity index (χ1n) is 5.95. The molecular formula is C13H19BrOS. The molecule has 0 aromatic carbocycles. The number of Topliss-reactive ketones (excluding diaryl/α,β-unsaturated/α-hetero) is 1. The van der Waals surface area contributed by atoms with E-state index in [-0.39, 0.29) is 5.78 Å². The van der Waals surface area contributed by atoms with Crippen molar-refractivity contribution < 1.29 is 4.79 Å². The number of hydrogen-bond donors (Lipinski definition) is 0. The van der Waals surface area contributed by atoms with Gasteiger partial charge < -0.3 is 0 Å². The maximum absolute atomic E-state index is 11.4. The summed E-state index contributed by atoms with van der Waals surface area (Å²) >= 11 is 4.85. The van der Waals surface area contributed by atoms with Gasteiger partial charge in [-0.25, -0.2) is 0 Å². The van der Waals surface area contributed by atoms with E-state index in [1.807, 2.05) is 6.07 Å². The summed E-state index contributed by atoms with van der Waals surface area (Å²) in [6.07, 6.45) is 7.68. The predicted octanol–water partition coefficient (Wildman–Crippen LogP) is 4.84. The first-order chi connectivity index (χ1) is 7.77. The van der Waals surface area contributed by atoms with Crippen LogP contribution in [0, 0.1) is 0 Å². The van der Waals surface area contributed by atoms with Gasteiger partial charge in [0.1, 0.15) is 0 Å². The molecule has 0 radical (unpaired) electrons. The van der Waals surface area contributed by atoms with Crippen LogP contribution in [0.5, 0.6) is 0 Å². The normalized spacial score (nSPS) is 10.6. The number of carbonyl (C=O) groups is 1. The van der Waals surface area contributed by atoms with E-state index in [4.69, 9.17) is 0 Å². The zero-order chi connectivity index (χ0) is 11.8. The van der Waals surface area contributed by atoms with Crippen LogP contribution in [-0.2, 0) is 6.42 Å². The maximum atomic E-state index is 11.4. The molecule has 0 atom stereocenters. The van der Waals surface area contributed by atoms with Gasteiger partial charge in [-0.15, -0.1) is 11.3 Å². The Kier molecular flexibility index (Phi) is 6.97. The molecule has 0 unspecified atom stereocenters. The molecule has 0 spiro atoms. The van der Waals surface area contributed by atoms with E-state index in [1.165, 1.54) is 37.0 Å². The molecule has 0 aliphatic carbocycles. The summed E-state index contributed by atoms with van der Waals surface area (Å²) in [6, 6.07) is 4.05. The van der Waals surface area contributed by atoms with Crippen LogP contribution in [0.25, 0.3) is 0 Å². The lowest BCUT2D eigenvalue weighted by atomic mass is 10.1. The topological polar surface area (TPSA) is 17.1 Å². The second-order valence-corrected chi connectivity index (χ2v) is 5.72. The third-order valence-electron chi connectivity index (χ3n) is 2.58. The van der Waals surface area contributed by atoms with Crippen molar-refractivity contribution in [2.24, 2.45) is 0 Å². The number of ketones is 1. The minimum Gasteiger partial charge on any atom is -0.292 e. The lowest BCUT2D eigenvalue weighted by molar-refractivity contribution is 0.102. The van der Waals surface area contributed by atoms with Crippen molar-refractivity contribution in [1.29, 1.82) is 0 Å². The van der Waals surface area contributed by atoms with Gasteiger partial charge in [0.2, 0.25) is 0 Å². The van der Waals surface area contributed by atoms with Gasteiger partial charge in [-0.1, -0.05) is 48.5 Å². The molecule has 1 aromatic heterocycles. The molecule has 0 saturated carbocycles. The molecule has 0 amide bonds. The van der Waals surface area contributed by atoms with Crippen molar-refractivity contribution in [3.63, 3.8) is 0 Å². The third-order valence-corrected chi connectivity index (χ3v) is 4.28. The quantitative estimate of drug-likeness (QED) is 0.381. The highest BCUT2D eigenvalue weighted by Crippen LogP contribution is 2.20. The fourth-order valence-corrected chi connectivity index (χ4v) is 3.11. The van der Waals surface area contributed by atoms with Crippen LogP contribution in [0.15, 0.2) is 12.1 Å². The van der Waals surface area contributed by atoms with E-state index in [0.29, 0.717) is 5.33 Å². The van der Waals surface area contributed by atoms with Crippen LogP contribution in [0.4, 0.5) is 0 Å². The first-order valence-corrected chi connectivity index (χ1v) is 7.89. The van der Waals surface area contributed by atoms with Crippen molar-refractivity contribution in [3.8, 4) is 0 Å². The first kappa shape index (κ1) is 13.9. The molecular weight excluding hydrogens is 284 g/mol. The summed E-state index contributed by atoms with van der Waals surface area (Å²) < 4.78 is 0. The van der Waals surface area contributed by atoms with E-state index >= 15 is 0 Å². The molecule has 1 heterocycles. The van der Waals surface area contributed by atoms with Crippen LogP contribution in [0.2, 0.25) is 0 Å². The Hall–Kier alpha value is -0.150. The second-order valence-electron chi connectivity index (χ2n) is 3.99. The Morgan fingerprint density at radius 3 is 2.69 bits per heavy atom. The molecule has 1 aromatic rings. The Balaban J connectivity index is 2.27. The van der Waals surface area contributed by atoms with Crippen molar-refractivity contribution in [1.82, 2.24) is 0 Å². The number of carbonyl (C=O) groups excluding carboxylic acids is 1. The van der Waals surface area contributed by atoms with Gasteiger partial charge in [0.05, 0.1) is 10.2 Å². The van der Waals surface area contributed by atoms with Crippen LogP contribution >= 0.6 is 27.3 Å². The van der Waals surface area contributed by atoms with Gasteiger partial charge in [0, 0.05) is 4.88 Å².